The van der Waals surface area contributed by atoms with Crippen LogP contribution in [0.1, 0.15) is 91.0 Å². The zero-order valence-electron chi connectivity index (χ0n) is 19.7. The Morgan fingerprint density at radius 2 is 1.83 bits per heavy atom. The Kier molecular flexibility index (Phi) is 6.45. The molecule has 3 saturated carbocycles. The van der Waals surface area contributed by atoms with E-state index in [1.165, 1.54) is 50.5 Å². The van der Waals surface area contributed by atoms with Crippen molar-refractivity contribution in [3.05, 3.63) is 35.9 Å². The summed E-state index contributed by atoms with van der Waals surface area (Å²) in [6, 6.07) is 10.6. The molecular weight excluding hydrogens is 368 g/mol. The van der Waals surface area contributed by atoms with E-state index in [1.807, 2.05) is 6.92 Å². The average molecular weight is 411 g/mol. The fraction of sp³-hybridized carbons (Fsp3) is 0.750. The first-order chi connectivity index (χ1) is 14.3. The number of fused-ring (bicyclic) bond motifs is 1. The van der Waals surface area contributed by atoms with Crippen molar-refractivity contribution in [3.63, 3.8) is 0 Å². The van der Waals surface area contributed by atoms with Gasteiger partial charge in [0.2, 0.25) is 0 Å². The summed E-state index contributed by atoms with van der Waals surface area (Å²) in [5, 5.41) is 0. The van der Waals surface area contributed by atoms with Crippen LogP contribution in [0, 0.1) is 34.5 Å². The summed E-state index contributed by atoms with van der Waals surface area (Å²) in [5.41, 5.74) is 2.12. The van der Waals surface area contributed by atoms with E-state index in [4.69, 9.17) is 4.74 Å². The number of benzene rings is 1. The van der Waals surface area contributed by atoms with Crippen molar-refractivity contribution in [3.8, 4) is 0 Å². The predicted molar refractivity (Wildman–Crippen MR) is 123 cm³/mol. The highest BCUT2D eigenvalue weighted by atomic mass is 16.5. The third-order valence-corrected chi connectivity index (χ3v) is 9.61. The van der Waals surface area contributed by atoms with Gasteiger partial charge in [0, 0.05) is 5.92 Å². The highest BCUT2D eigenvalue weighted by Gasteiger charge is 2.52. The highest BCUT2D eigenvalue weighted by Crippen LogP contribution is 2.60. The molecule has 0 heterocycles. The van der Waals surface area contributed by atoms with E-state index in [9.17, 15) is 4.79 Å². The minimum Gasteiger partial charge on any atom is -0.374 e. The van der Waals surface area contributed by atoms with Gasteiger partial charge in [-0.25, -0.2) is 0 Å². The van der Waals surface area contributed by atoms with Crippen molar-refractivity contribution in [2.75, 3.05) is 0 Å². The summed E-state index contributed by atoms with van der Waals surface area (Å²) in [4.78, 5) is 12.2. The molecule has 2 heteroatoms. The largest absolute Gasteiger partial charge is 0.374 e. The van der Waals surface area contributed by atoms with Gasteiger partial charge in [0.1, 0.15) is 5.78 Å². The van der Waals surface area contributed by atoms with E-state index in [0.29, 0.717) is 28.6 Å². The predicted octanol–water partition coefficient (Wildman–Crippen LogP) is 7.21. The third-order valence-electron chi connectivity index (χ3n) is 9.61. The molecule has 1 aromatic rings. The van der Waals surface area contributed by atoms with Crippen LogP contribution in [0.4, 0.5) is 0 Å². The average Bonchev–Trinajstić information content (AvgIpc) is 3.11. The lowest BCUT2D eigenvalue weighted by molar-refractivity contribution is -0.120. The van der Waals surface area contributed by atoms with Crippen LogP contribution < -0.4 is 0 Å². The van der Waals surface area contributed by atoms with E-state index in [-0.39, 0.29) is 0 Å². The SMILES string of the molecule is CCC1(C)CC(C(C)=O)CC1C1CCC2CC(OCc3ccccc3)CCC2(C)C1. The van der Waals surface area contributed by atoms with Gasteiger partial charge in [-0.3, -0.25) is 4.79 Å². The lowest BCUT2D eigenvalue weighted by atomic mass is 9.54. The monoisotopic (exact) mass is 410 g/mol. The molecule has 2 nitrogen and oxygen atoms in total. The molecule has 0 radical (unpaired) electrons. The van der Waals surface area contributed by atoms with Crippen LogP contribution in [0.15, 0.2) is 30.3 Å². The quantitative estimate of drug-likeness (QED) is 0.495. The molecule has 0 N–H and O–H groups in total. The van der Waals surface area contributed by atoms with Crippen molar-refractivity contribution >= 4 is 5.78 Å². The Hall–Kier alpha value is -1.15. The van der Waals surface area contributed by atoms with Gasteiger partial charge >= 0.3 is 0 Å². The summed E-state index contributed by atoms with van der Waals surface area (Å²) >= 11 is 0. The standard InChI is InChI=1S/C28H42O2/c1-5-27(3)18-23(20(2)29)15-26(27)22-11-12-24-16-25(13-14-28(24,4)17-22)30-19-21-9-7-6-8-10-21/h6-10,22-26H,5,11-19H2,1-4H3. The molecule has 0 saturated heterocycles. The second kappa shape index (κ2) is 8.77. The Balaban J connectivity index is 1.37. The van der Waals surface area contributed by atoms with E-state index in [1.54, 1.807) is 0 Å². The minimum atomic E-state index is 0.313. The molecule has 7 atom stereocenters. The normalized spacial score (nSPS) is 41.4. The topological polar surface area (TPSA) is 26.3 Å². The van der Waals surface area contributed by atoms with Crippen molar-refractivity contribution in [1.82, 2.24) is 0 Å². The maximum Gasteiger partial charge on any atom is 0.132 e. The number of carbonyl (C=O) groups excluding carboxylic acids is 1. The van der Waals surface area contributed by atoms with Gasteiger partial charge in [-0.15, -0.1) is 0 Å². The zero-order valence-corrected chi connectivity index (χ0v) is 19.7. The van der Waals surface area contributed by atoms with Crippen molar-refractivity contribution in [2.24, 2.45) is 34.5 Å². The molecule has 3 fully saturated rings. The molecule has 1 aromatic carbocycles. The second-order valence-corrected chi connectivity index (χ2v) is 11.4. The molecule has 30 heavy (non-hydrogen) atoms. The van der Waals surface area contributed by atoms with E-state index in [2.05, 4.69) is 51.1 Å². The van der Waals surface area contributed by atoms with Gasteiger partial charge in [-0.1, -0.05) is 57.5 Å². The maximum atomic E-state index is 12.2. The van der Waals surface area contributed by atoms with Crippen LogP contribution in [0.25, 0.3) is 0 Å². The van der Waals surface area contributed by atoms with Crippen molar-refractivity contribution in [2.45, 2.75) is 98.2 Å². The van der Waals surface area contributed by atoms with Gasteiger partial charge in [0.25, 0.3) is 0 Å². The Morgan fingerprint density at radius 3 is 2.53 bits per heavy atom. The zero-order chi connectivity index (χ0) is 21.4. The molecule has 3 aliphatic carbocycles. The number of Topliss-reactive ketones (excluding diaryl/α,β-unsaturated/α-hetero) is 1. The molecule has 4 rings (SSSR count). The van der Waals surface area contributed by atoms with Crippen LogP contribution in [0.2, 0.25) is 0 Å². The Labute approximate surface area is 184 Å². The number of ether oxygens (including phenoxy) is 1. The highest BCUT2D eigenvalue weighted by molar-refractivity contribution is 5.78. The fourth-order valence-electron chi connectivity index (χ4n) is 7.42. The van der Waals surface area contributed by atoms with Gasteiger partial charge < -0.3 is 4.74 Å². The molecular formula is C28H42O2. The summed E-state index contributed by atoms with van der Waals surface area (Å²) in [7, 11) is 0. The lowest BCUT2D eigenvalue weighted by Crippen LogP contribution is -2.44. The van der Waals surface area contributed by atoms with Crippen LogP contribution >= 0.6 is 0 Å². The van der Waals surface area contributed by atoms with Gasteiger partial charge in [-0.2, -0.15) is 0 Å². The van der Waals surface area contributed by atoms with Crippen LogP contribution in [0.3, 0.4) is 0 Å². The lowest BCUT2D eigenvalue weighted by Gasteiger charge is -2.52. The first-order valence-electron chi connectivity index (χ1n) is 12.5. The Bertz CT molecular complexity index is 727. The van der Waals surface area contributed by atoms with Crippen LogP contribution in [-0.2, 0) is 16.1 Å². The fourth-order valence-corrected chi connectivity index (χ4v) is 7.42. The maximum absolute atomic E-state index is 12.2. The summed E-state index contributed by atoms with van der Waals surface area (Å²) in [6.07, 6.45) is 11.7. The first kappa shape index (κ1) is 22.1. The number of carbonyl (C=O) groups is 1. The molecule has 166 valence electrons. The first-order valence-corrected chi connectivity index (χ1v) is 12.5. The number of rotatable bonds is 6. The molecule has 7 unspecified atom stereocenters. The van der Waals surface area contributed by atoms with Crippen molar-refractivity contribution in [1.29, 1.82) is 0 Å². The summed E-state index contributed by atoms with van der Waals surface area (Å²) in [6.45, 7) is 9.96. The molecule has 0 amide bonds. The van der Waals surface area contributed by atoms with E-state index >= 15 is 0 Å². The second-order valence-electron chi connectivity index (χ2n) is 11.4. The third kappa shape index (κ3) is 4.40. The van der Waals surface area contributed by atoms with Crippen molar-refractivity contribution < 1.29 is 9.53 Å². The minimum absolute atomic E-state index is 0.313. The van der Waals surface area contributed by atoms with Gasteiger partial charge in [0.15, 0.2) is 0 Å². The molecule has 0 spiro atoms. The molecule has 0 bridgehead atoms. The van der Waals surface area contributed by atoms with Crippen LogP contribution in [0.5, 0.6) is 0 Å². The molecule has 3 aliphatic rings. The smallest absolute Gasteiger partial charge is 0.132 e. The van der Waals surface area contributed by atoms with E-state index < -0.39 is 0 Å². The molecule has 0 aromatic heterocycles. The number of ketones is 1. The number of hydrogen-bond acceptors (Lipinski definition) is 2. The summed E-state index contributed by atoms with van der Waals surface area (Å²) in [5.74, 6) is 3.09. The van der Waals surface area contributed by atoms with Gasteiger partial charge in [0.05, 0.1) is 12.7 Å². The van der Waals surface area contributed by atoms with E-state index in [0.717, 1.165) is 37.2 Å². The van der Waals surface area contributed by atoms with Gasteiger partial charge in [-0.05, 0) is 92.4 Å². The molecule has 0 aliphatic heterocycles. The summed E-state index contributed by atoms with van der Waals surface area (Å²) < 4.78 is 6.34. The Morgan fingerprint density at radius 1 is 1.07 bits per heavy atom. The number of hydrogen-bond donors (Lipinski definition) is 0. The van der Waals surface area contributed by atoms with Crippen LogP contribution in [-0.4, -0.2) is 11.9 Å².